The first-order chi connectivity index (χ1) is 8.49. The second-order valence-corrected chi connectivity index (χ2v) is 5.85. The normalized spacial score (nSPS) is 13.4. The van der Waals surface area contributed by atoms with Crippen LogP contribution in [-0.2, 0) is 10.0 Å². The summed E-state index contributed by atoms with van der Waals surface area (Å²) in [5.74, 6) is 0.589. The third-order valence-electron chi connectivity index (χ3n) is 2.56. The van der Waals surface area contributed by atoms with Crippen molar-refractivity contribution in [2.24, 2.45) is 0 Å². The minimum absolute atomic E-state index is 0.265. The zero-order valence-corrected chi connectivity index (χ0v) is 11.0. The summed E-state index contributed by atoms with van der Waals surface area (Å²) in [7, 11) is -3.52. The number of imidazole rings is 1. The maximum Gasteiger partial charge on any atom is 0.241 e. The summed E-state index contributed by atoms with van der Waals surface area (Å²) in [6, 6.07) is 6.39. The molecule has 1 unspecified atom stereocenters. The minimum Gasteiger partial charge on any atom is -0.347 e. The van der Waals surface area contributed by atoms with Crippen molar-refractivity contribution >= 4 is 10.0 Å². The van der Waals surface area contributed by atoms with Gasteiger partial charge in [-0.05, 0) is 31.5 Å². The maximum atomic E-state index is 12.1. The van der Waals surface area contributed by atoms with Crippen molar-refractivity contribution in [3.63, 3.8) is 0 Å². The average Bonchev–Trinajstić information content (AvgIpc) is 2.82. The van der Waals surface area contributed by atoms with Crippen LogP contribution in [0.4, 0.5) is 0 Å². The van der Waals surface area contributed by atoms with Gasteiger partial charge in [0.25, 0.3) is 0 Å². The van der Waals surface area contributed by atoms with E-state index in [1.807, 2.05) is 13.0 Å². The summed E-state index contributed by atoms with van der Waals surface area (Å²) in [5.41, 5.74) is 0.906. The van der Waals surface area contributed by atoms with Gasteiger partial charge in [0.05, 0.1) is 10.9 Å². The van der Waals surface area contributed by atoms with Crippen LogP contribution in [0.15, 0.2) is 41.6 Å². The van der Waals surface area contributed by atoms with Crippen LogP contribution in [0.1, 0.15) is 24.4 Å². The molecule has 2 rings (SSSR count). The highest BCUT2D eigenvalue weighted by Gasteiger charge is 2.19. The highest BCUT2D eigenvalue weighted by Crippen LogP contribution is 2.15. The second kappa shape index (κ2) is 4.91. The number of nitrogens with zero attached hydrogens (tertiary/aromatic N) is 1. The van der Waals surface area contributed by atoms with E-state index in [1.54, 1.807) is 37.5 Å². The molecule has 5 nitrogen and oxygen atoms in total. The lowest BCUT2D eigenvalue weighted by Crippen LogP contribution is -2.27. The number of aryl methyl sites for hydroxylation is 1. The van der Waals surface area contributed by atoms with E-state index in [9.17, 15) is 8.42 Å². The number of benzene rings is 1. The van der Waals surface area contributed by atoms with E-state index in [4.69, 9.17) is 0 Å². The largest absolute Gasteiger partial charge is 0.347 e. The van der Waals surface area contributed by atoms with Crippen LogP contribution in [0, 0.1) is 6.92 Å². The standard InChI is InChI=1S/C12H15N3O2S/c1-9-4-3-5-11(8-9)18(16,17)15-10(2)12-13-6-7-14-12/h3-8,10,15H,1-2H3,(H,13,14). The van der Waals surface area contributed by atoms with Crippen molar-refractivity contribution in [2.45, 2.75) is 24.8 Å². The Hall–Kier alpha value is -1.66. The lowest BCUT2D eigenvalue weighted by molar-refractivity contribution is 0.561. The zero-order chi connectivity index (χ0) is 13.2. The van der Waals surface area contributed by atoms with Gasteiger partial charge in [-0.1, -0.05) is 12.1 Å². The van der Waals surface area contributed by atoms with Gasteiger partial charge in [-0.25, -0.2) is 18.1 Å². The summed E-state index contributed by atoms with van der Waals surface area (Å²) >= 11 is 0. The lowest BCUT2D eigenvalue weighted by atomic mass is 10.2. The highest BCUT2D eigenvalue weighted by molar-refractivity contribution is 7.89. The molecule has 0 saturated carbocycles. The fraction of sp³-hybridized carbons (Fsp3) is 0.250. The first kappa shape index (κ1) is 12.8. The van der Waals surface area contributed by atoms with E-state index in [-0.39, 0.29) is 4.90 Å². The molecule has 18 heavy (non-hydrogen) atoms. The Labute approximate surface area is 106 Å². The third-order valence-corrected chi connectivity index (χ3v) is 4.10. The predicted octanol–water partition coefficient (Wildman–Crippen LogP) is 1.76. The van der Waals surface area contributed by atoms with E-state index >= 15 is 0 Å². The molecule has 2 aromatic rings. The third kappa shape index (κ3) is 2.77. The molecule has 0 saturated heterocycles. The number of nitrogens with one attached hydrogen (secondary N) is 2. The molecule has 1 atom stereocenters. The average molecular weight is 265 g/mol. The number of H-pyrrole nitrogens is 1. The van der Waals surface area contributed by atoms with Crippen LogP contribution < -0.4 is 4.72 Å². The van der Waals surface area contributed by atoms with Gasteiger partial charge < -0.3 is 4.98 Å². The van der Waals surface area contributed by atoms with Crippen molar-refractivity contribution in [1.29, 1.82) is 0 Å². The van der Waals surface area contributed by atoms with E-state index < -0.39 is 16.1 Å². The van der Waals surface area contributed by atoms with Crippen molar-refractivity contribution in [3.05, 3.63) is 48.0 Å². The topological polar surface area (TPSA) is 74.8 Å². The van der Waals surface area contributed by atoms with E-state index in [1.165, 1.54) is 0 Å². The molecule has 0 radical (unpaired) electrons. The summed E-state index contributed by atoms with van der Waals surface area (Å²) in [6.07, 6.45) is 3.25. The number of aromatic amines is 1. The Morgan fingerprint density at radius 3 is 2.78 bits per heavy atom. The van der Waals surface area contributed by atoms with E-state index in [2.05, 4.69) is 14.7 Å². The van der Waals surface area contributed by atoms with Crippen LogP contribution in [0.2, 0.25) is 0 Å². The molecule has 0 spiro atoms. The number of rotatable bonds is 4. The molecule has 6 heteroatoms. The predicted molar refractivity (Wildman–Crippen MR) is 68.5 cm³/mol. The Morgan fingerprint density at radius 2 is 2.17 bits per heavy atom. The van der Waals surface area contributed by atoms with Crippen molar-refractivity contribution in [2.75, 3.05) is 0 Å². The van der Waals surface area contributed by atoms with Crippen molar-refractivity contribution < 1.29 is 8.42 Å². The Morgan fingerprint density at radius 1 is 1.39 bits per heavy atom. The Balaban J connectivity index is 2.22. The quantitative estimate of drug-likeness (QED) is 0.884. The first-order valence-electron chi connectivity index (χ1n) is 5.57. The van der Waals surface area contributed by atoms with Crippen LogP contribution in [0.25, 0.3) is 0 Å². The second-order valence-electron chi connectivity index (χ2n) is 4.13. The van der Waals surface area contributed by atoms with Gasteiger partial charge in [0.1, 0.15) is 5.82 Å². The summed E-state index contributed by atoms with van der Waals surface area (Å²) in [5, 5.41) is 0. The van der Waals surface area contributed by atoms with Crippen LogP contribution >= 0.6 is 0 Å². The molecule has 0 aliphatic rings. The maximum absolute atomic E-state index is 12.1. The summed E-state index contributed by atoms with van der Waals surface area (Å²) < 4.78 is 26.9. The van der Waals surface area contributed by atoms with E-state index in [0.717, 1.165) is 5.56 Å². The molecule has 96 valence electrons. The molecule has 1 aromatic carbocycles. The number of sulfonamides is 1. The fourth-order valence-electron chi connectivity index (χ4n) is 1.65. The van der Waals surface area contributed by atoms with Gasteiger partial charge in [-0.3, -0.25) is 0 Å². The molecule has 0 aliphatic heterocycles. The number of hydrogen-bond acceptors (Lipinski definition) is 3. The molecule has 0 bridgehead atoms. The van der Waals surface area contributed by atoms with Crippen LogP contribution in [0.5, 0.6) is 0 Å². The van der Waals surface area contributed by atoms with Crippen LogP contribution in [0.3, 0.4) is 0 Å². The fourth-order valence-corrected chi connectivity index (χ4v) is 2.97. The molecule has 1 aromatic heterocycles. The molecular formula is C12H15N3O2S. The zero-order valence-electron chi connectivity index (χ0n) is 10.2. The summed E-state index contributed by atoms with van der Waals surface area (Å²) in [4.78, 5) is 7.18. The van der Waals surface area contributed by atoms with Gasteiger partial charge in [0, 0.05) is 12.4 Å². The van der Waals surface area contributed by atoms with Crippen LogP contribution in [-0.4, -0.2) is 18.4 Å². The first-order valence-corrected chi connectivity index (χ1v) is 7.05. The molecule has 1 heterocycles. The number of aromatic nitrogens is 2. The van der Waals surface area contributed by atoms with E-state index in [0.29, 0.717) is 5.82 Å². The lowest BCUT2D eigenvalue weighted by Gasteiger charge is -2.12. The van der Waals surface area contributed by atoms with Gasteiger partial charge in [-0.15, -0.1) is 0 Å². The minimum atomic E-state index is -3.52. The summed E-state index contributed by atoms with van der Waals surface area (Å²) in [6.45, 7) is 3.60. The van der Waals surface area contributed by atoms with Gasteiger partial charge in [-0.2, -0.15) is 0 Å². The van der Waals surface area contributed by atoms with Gasteiger partial charge in [0.2, 0.25) is 10.0 Å². The molecule has 0 aliphatic carbocycles. The number of hydrogen-bond donors (Lipinski definition) is 2. The smallest absolute Gasteiger partial charge is 0.241 e. The van der Waals surface area contributed by atoms with Gasteiger partial charge >= 0.3 is 0 Å². The van der Waals surface area contributed by atoms with Crippen molar-refractivity contribution in [3.8, 4) is 0 Å². The van der Waals surface area contributed by atoms with Gasteiger partial charge in [0.15, 0.2) is 0 Å². The molecule has 0 amide bonds. The molecular weight excluding hydrogens is 250 g/mol. The molecule has 0 fully saturated rings. The Bertz CT molecular complexity index is 621. The Kier molecular flexibility index (Phi) is 3.49. The highest BCUT2D eigenvalue weighted by atomic mass is 32.2. The van der Waals surface area contributed by atoms with Crippen molar-refractivity contribution in [1.82, 2.24) is 14.7 Å². The SMILES string of the molecule is Cc1cccc(S(=O)(=O)NC(C)c2ncc[nH]2)c1. The molecule has 2 N–H and O–H groups in total. The monoisotopic (exact) mass is 265 g/mol.